The highest BCUT2D eigenvalue weighted by Crippen LogP contribution is 2.39. The number of methoxy groups -OCH3 is 1. The van der Waals surface area contributed by atoms with Crippen molar-refractivity contribution in [3.8, 4) is 0 Å². The Bertz CT molecular complexity index is 539. The van der Waals surface area contributed by atoms with Crippen LogP contribution in [0.15, 0.2) is 0 Å². The maximum atomic E-state index is 12.0. The normalized spacial score (nSPS) is 14.6. The first kappa shape index (κ1) is 16.0. The number of hydrogen-bond donors (Lipinski definition) is 2. The molecular formula is C15H22N2O3S. The van der Waals surface area contributed by atoms with Crippen LogP contribution in [0.1, 0.15) is 47.5 Å². The second-order valence-electron chi connectivity index (χ2n) is 5.29. The minimum Gasteiger partial charge on any atom is -0.465 e. The molecule has 1 aliphatic rings. The van der Waals surface area contributed by atoms with Gasteiger partial charge in [-0.1, -0.05) is 6.92 Å². The van der Waals surface area contributed by atoms with E-state index in [1.165, 1.54) is 23.3 Å². The first-order valence-electron chi connectivity index (χ1n) is 7.32. The molecule has 1 aliphatic carbocycles. The minimum atomic E-state index is -0.361. The number of carbonyl (C=O) groups excluding carboxylic acids is 2. The molecular weight excluding hydrogens is 288 g/mol. The molecule has 0 spiro atoms. The van der Waals surface area contributed by atoms with Gasteiger partial charge >= 0.3 is 5.97 Å². The zero-order valence-electron chi connectivity index (χ0n) is 12.7. The summed E-state index contributed by atoms with van der Waals surface area (Å²) >= 11 is 1.50. The quantitative estimate of drug-likeness (QED) is 0.792. The summed E-state index contributed by atoms with van der Waals surface area (Å²) in [6.07, 6.45) is 3.89. The maximum Gasteiger partial charge on any atom is 0.341 e. The van der Waals surface area contributed by atoms with Gasteiger partial charge in [-0.15, -0.1) is 11.3 Å². The molecule has 6 heteroatoms. The van der Waals surface area contributed by atoms with Crippen molar-refractivity contribution in [2.75, 3.05) is 19.0 Å². The van der Waals surface area contributed by atoms with Crippen LogP contribution in [0.5, 0.6) is 0 Å². The van der Waals surface area contributed by atoms with E-state index in [0.717, 1.165) is 31.2 Å². The summed E-state index contributed by atoms with van der Waals surface area (Å²) in [7, 11) is 1.37. The maximum absolute atomic E-state index is 12.0. The molecule has 5 nitrogen and oxygen atoms in total. The average molecular weight is 310 g/mol. The van der Waals surface area contributed by atoms with Crippen LogP contribution in [-0.4, -0.2) is 31.6 Å². The van der Waals surface area contributed by atoms with Gasteiger partial charge in [0, 0.05) is 10.9 Å². The topological polar surface area (TPSA) is 67.4 Å². The Balaban J connectivity index is 2.09. The van der Waals surface area contributed by atoms with Crippen LogP contribution in [0.2, 0.25) is 0 Å². The van der Waals surface area contributed by atoms with Crippen LogP contribution in [0.3, 0.4) is 0 Å². The summed E-state index contributed by atoms with van der Waals surface area (Å²) in [5, 5.41) is 6.62. The second kappa shape index (κ2) is 7.04. The Morgan fingerprint density at radius 1 is 1.38 bits per heavy atom. The number of hydrogen-bond acceptors (Lipinski definition) is 5. The summed E-state index contributed by atoms with van der Waals surface area (Å²) < 4.78 is 4.86. The van der Waals surface area contributed by atoms with Crippen LogP contribution >= 0.6 is 11.3 Å². The molecule has 1 aromatic heterocycles. The van der Waals surface area contributed by atoms with Crippen LogP contribution < -0.4 is 10.6 Å². The van der Waals surface area contributed by atoms with Crippen LogP contribution in [-0.2, 0) is 22.4 Å². The Labute approximate surface area is 129 Å². The predicted octanol–water partition coefficient (Wildman–Crippen LogP) is 2.35. The standard InChI is InChI=1S/C15H22N2O3S/c1-4-9(2)16-8-12(18)17-14-13(15(19)20-3)10-6-5-7-11(10)21-14/h9,16H,4-8H2,1-3H3,(H,17,18). The van der Waals surface area contributed by atoms with Gasteiger partial charge < -0.3 is 15.4 Å². The lowest BCUT2D eigenvalue weighted by Crippen LogP contribution is -2.34. The van der Waals surface area contributed by atoms with Crippen molar-refractivity contribution < 1.29 is 14.3 Å². The first-order chi connectivity index (χ1) is 10.1. The van der Waals surface area contributed by atoms with Crippen LogP contribution in [0, 0.1) is 0 Å². The molecule has 0 aromatic carbocycles. The smallest absolute Gasteiger partial charge is 0.341 e. The van der Waals surface area contributed by atoms with Gasteiger partial charge in [0.2, 0.25) is 5.91 Å². The van der Waals surface area contributed by atoms with Crippen LogP contribution in [0.25, 0.3) is 0 Å². The monoisotopic (exact) mass is 310 g/mol. The molecule has 116 valence electrons. The number of nitrogens with one attached hydrogen (secondary N) is 2. The fourth-order valence-electron chi connectivity index (χ4n) is 2.39. The molecule has 0 fully saturated rings. The average Bonchev–Trinajstić information content (AvgIpc) is 3.04. The number of fused-ring (bicyclic) bond motifs is 1. The van der Waals surface area contributed by atoms with Crippen molar-refractivity contribution in [3.05, 3.63) is 16.0 Å². The zero-order valence-corrected chi connectivity index (χ0v) is 13.6. The second-order valence-corrected chi connectivity index (χ2v) is 6.40. The number of rotatable bonds is 6. The predicted molar refractivity (Wildman–Crippen MR) is 84.1 cm³/mol. The molecule has 1 unspecified atom stereocenters. The Kier molecular flexibility index (Phi) is 5.36. The third-order valence-electron chi connectivity index (χ3n) is 3.79. The molecule has 1 heterocycles. The molecule has 0 aliphatic heterocycles. The van der Waals surface area contributed by atoms with Gasteiger partial charge in [-0.05, 0) is 38.2 Å². The van der Waals surface area contributed by atoms with Gasteiger partial charge in [0.05, 0.1) is 19.2 Å². The van der Waals surface area contributed by atoms with Gasteiger partial charge in [-0.2, -0.15) is 0 Å². The third-order valence-corrected chi connectivity index (χ3v) is 4.99. The van der Waals surface area contributed by atoms with Gasteiger partial charge in [0.15, 0.2) is 0 Å². The lowest BCUT2D eigenvalue weighted by Gasteiger charge is -2.11. The minimum absolute atomic E-state index is 0.125. The van der Waals surface area contributed by atoms with Gasteiger partial charge in [-0.3, -0.25) is 4.79 Å². The number of anilines is 1. The van der Waals surface area contributed by atoms with E-state index in [0.29, 0.717) is 16.6 Å². The summed E-state index contributed by atoms with van der Waals surface area (Å²) in [5.74, 6) is -0.486. The molecule has 0 saturated carbocycles. The van der Waals surface area contributed by atoms with E-state index in [2.05, 4.69) is 17.6 Å². The van der Waals surface area contributed by atoms with Gasteiger partial charge in [0.1, 0.15) is 5.00 Å². The van der Waals surface area contributed by atoms with E-state index in [4.69, 9.17) is 4.74 Å². The molecule has 2 rings (SSSR count). The summed E-state index contributed by atoms with van der Waals surface area (Å²) in [6, 6.07) is 0.296. The van der Waals surface area contributed by atoms with Gasteiger partial charge in [-0.25, -0.2) is 4.79 Å². The highest BCUT2D eigenvalue weighted by molar-refractivity contribution is 7.17. The van der Waals surface area contributed by atoms with Crippen molar-refractivity contribution in [1.82, 2.24) is 5.32 Å². The number of amides is 1. The van der Waals surface area contributed by atoms with E-state index < -0.39 is 0 Å². The Morgan fingerprint density at radius 3 is 2.81 bits per heavy atom. The fraction of sp³-hybridized carbons (Fsp3) is 0.600. The largest absolute Gasteiger partial charge is 0.465 e. The van der Waals surface area contributed by atoms with E-state index in [1.54, 1.807) is 0 Å². The molecule has 0 bridgehead atoms. The Hall–Kier alpha value is -1.40. The first-order valence-corrected chi connectivity index (χ1v) is 8.14. The number of esters is 1. The van der Waals surface area contributed by atoms with Crippen molar-refractivity contribution in [2.24, 2.45) is 0 Å². The number of ether oxygens (including phenoxy) is 1. The molecule has 2 N–H and O–H groups in total. The fourth-order valence-corrected chi connectivity index (χ4v) is 3.69. The third kappa shape index (κ3) is 3.63. The summed E-state index contributed by atoms with van der Waals surface area (Å²) in [6.45, 7) is 4.35. The van der Waals surface area contributed by atoms with Gasteiger partial charge in [0.25, 0.3) is 0 Å². The van der Waals surface area contributed by atoms with Crippen molar-refractivity contribution in [2.45, 2.75) is 45.6 Å². The summed E-state index contributed by atoms with van der Waals surface area (Å²) in [4.78, 5) is 25.2. The van der Waals surface area contributed by atoms with E-state index in [1.807, 2.05) is 6.92 Å². The molecule has 1 aromatic rings. The number of carbonyl (C=O) groups is 2. The van der Waals surface area contributed by atoms with Crippen molar-refractivity contribution in [3.63, 3.8) is 0 Å². The van der Waals surface area contributed by atoms with Crippen LogP contribution in [0.4, 0.5) is 5.00 Å². The Morgan fingerprint density at radius 2 is 2.14 bits per heavy atom. The van der Waals surface area contributed by atoms with E-state index in [-0.39, 0.29) is 18.4 Å². The highest BCUT2D eigenvalue weighted by Gasteiger charge is 2.27. The number of aryl methyl sites for hydroxylation is 1. The number of thiophene rings is 1. The molecule has 0 saturated heterocycles. The summed E-state index contributed by atoms with van der Waals surface area (Å²) in [5.41, 5.74) is 1.60. The lowest BCUT2D eigenvalue weighted by atomic mass is 10.1. The van der Waals surface area contributed by atoms with E-state index >= 15 is 0 Å². The van der Waals surface area contributed by atoms with Crippen molar-refractivity contribution in [1.29, 1.82) is 0 Å². The molecule has 21 heavy (non-hydrogen) atoms. The SMILES string of the molecule is CCC(C)NCC(=O)Nc1sc2c(c1C(=O)OC)CCC2. The van der Waals surface area contributed by atoms with E-state index in [9.17, 15) is 9.59 Å². The van der Waals surface area contributed by atoms with Crippen molar-refractivity contribution >= 4 is 28.2 Å². The highest BCUT2D eigenvalue weighted by atomic mass is 32.1. The molecule has 1 amide bonds. The lowest BCUT2D eigenvalue weighted by molar-refractivity contribution is -0.115. The molecule has 1 atom stereocenters. The zero-order chi connectivity index (χ0) is 15.4. The molecule has 0 radical (unpaired) electrons.